The van der Waals surface area contributed by atoms with Crippen LogP contribution in [0.4, 0.5) is 0 Å². The number of carbonyl (C=O) groups excluding carboxylic acids is 1. The summed E-state index contributed by atoms with van der Waals surface area (Å²) < 4.78 is 0. The summed E-state index contributed by atoms with van der Waals surface area (Å²) in [6.45, 7) is 4.00. The van der Waals surface area contributed by atoms with Crippen molar-refractivity contribution in [2.75, 3.05) is 30.3 Å². The molecule has 0 radical (unpaired) electrons. The van der Waals surface area contributed by atoms with E-state index in [-0.39, 0.29) is 11.8 Å². The Hall–Kier alpha value is 0.130. The number of amides is 1. The average Bonchev–Trinajstić information content (AvgIpc) is 2.37. The molecule has 0 aromatic rings. The van der Waals surface area contributed by atoms with Gasteiger partial charge in [0.25, 0.3) is 0 Å². The van der Waals surface area contributed by atoms with Gasteiger partial charge >= 0.3 is 0 Å². The predicted molar refractivity (Wildman–Crippen MR) is 76.8 cm³/mol. The van der Waals surface area contributed by atoms with E-state index in [0.29, 0.717) is 11.3 Å². The van der Waals surface area contributed by atoms with E-state index in [4.69, 9.17) is 0 Å². The Bertz CT molecular complexity index is 257. The summed E-state index contributed by atoms with van der Waals surface area (Å²) in [6.07, 6.45) is 1.97. The molecule has 2 aliphatic rings. The van der Waals surface area contributed by atoms with Crippen LogP contribution in [0.25, 0.3) is 0 Å². The fourth-order valence-electron chi connectivity index (χ4n) is 2.38. The molecule has 0 spiro atoms. The first-order chi connectivity index (χ1) is 8.25. The minimum absolute atomic E-state index is 0.229. The maximum absolute atomic E-state index is 12.0. The van der Waals surface area contributed by atoms with E-state index < -0.39 is 0 Å². The van der Waals surface area contributed by atoms with Crippen LogP contribution in [0.3, 0.4) is 0 Å². The highest BCUT2D eigenvalue weighted by Crippen LogP contribution is 2.23. The maximum Gasteiger partial charge on any atom is 0.223 e. The molecule has 0 aromatic carbocycles. The lowest BCUT2D eigenvalue weighted by molar-refractivity contribution is -0.126. The number of rotatable bonds is 3. The van der Waals surface area contributed by atoms with E-state index in [1.54, 1.807) is 0 Å². The smallest absolute Gasteiger partial charge is 0.223 e. The first-order valence-electron chi connectivity index (χ1n) is 6.46. The summed E-state index contributed by atoms with van der Waals surface area (Å²) in [5, 5.41) is 7.15. The van der Waals surface area contributed by atoms with E-state index >= 15 is 0 Å². The second-order valence-corrected chi connectivity index (χ2v) is 7.45. The molecule has 1 unspecified atom stereocenters. The van der Waals surface area contributed by atoms with Crippen molar-refractivity contribution < 1.29 is 4.79 Å². The number of hydrogen-bond acceptors (Lipinski definition) is 4. The Labute approximate surface area is 112 Å². The van der Waals surface area contributed by atoms with Crippen molar-refractivity contribution in [3.63, 3.8) is 0 Å². The van der Waals surface area contributed by atoms with Crippen molar-refractivity contribution in [2.24, 2.45) is 5.92 Å². The van der Waals surface area contributed by atoms with E-state index in [2.05, 4.69) is 17.6 Å². The van der Waals surface area contributed by atoms with Gasteiger partial charge in [-0.1, -0.05) is 0 Å². The average molecular weight is 274 g/mol. The van der Waals surface area contributed by atoms with Gasteiger partial charge < -0.3 is 10.6 Å². The van der Waals surface area contributed by atoms with Crippen LogP contribution in [-0.4, -0.2) is 47.5 Å². The highest BCUT2D eigenvalue weighted by Gasteiger charge is 2.25. The zero-order chi connectivity index (χ0) is 12.1. The number of nitrogens with one attached hydrogen (secondary N) is 2. The predicted octanol–water partition coefficient (Wildman–Crippen LogP) is 1.34. The number of hydrogen-bond donors (Lipinski definition) is 2. The molecule has 2 N–H and O–H groups in total. The van der Waals surface area contributed by atoms with Crippen LogP contribution in [0.2, 0.25) is 0 Å². The van der Waals surface area contributed by atoms with Crippen LogP contribution in [0.5, 0.6) is 0 Å². The molecule has 1 amide bonds. The normalized spacial score (nSPS) is 34.3. The zero-order valence-electron chi connectivity index (χ0n) is 10.4. The topological polar surface area (TPSA) is 41.1 Å². The summed E-state index contributed by atoms with van der Waals surface area (Å²) in [5.74, 6) is 4.19. The maximum atomic E-state index is 12.0. The minimum atomic E-state index is 0.229. The third kappa shape index (κ3) is 4.38. The highest BCUT2D eigenvalue weighted by atomic mass is 32.2. The standard InChI is InChI=1S/C12H22N2OS2/c1-9-6-10(2-3-13-9)12(15)14-7-11-8-16-4-5-17-11/h9-11,13H,2-8H2,1H3,(H,14,15)/t9-,10-,11?/m0/s1. The molecule has 3 nitrogen and oxygen atoms in total. The van der Waals surface area contributed by atoms with Crippen molar-refractivity contribution in [3.05, 3.63) is 0 Å². The van der Waals surface area contributed by atoms with Gasteiger partial charge in [0.1, 0.15) is 0 Å². The van der Waals surface area contributed by atoms with Crippen LogP contribution in [0, 0.1) is 5.92 Å². The summed E-state index contributed by atoms with van der Waals surface area (Å²) in [7, 11) is 0. The number of thioether (sulfide) groups is 2. The fourth-order valence-corrected chi connectivity index (χ4v) is 5.00. The van der Waals surface area contributed by atoms with Crippen LogP contribution < -0.4 is 10.6 Å². The van der Waals surface area contributed by atoms with Gasteiger partial charge in [0, 0.05) is 41.0 Å². The van der Waals surface area contributed by atoms with E-state index in [1.165, 1.54) is 17.3 Å². The summed E-state index contributed by atoms with van der Waals surface area (Å²) in [6, 6.07) is 0.485. The van der Waals surface area contributed by atoms with Crippen LogP contribution in [0.1, 0.15) is 19.8 Å². The van der Waals surface area contributed by atoms with Gasteiger partial charge in [-0.05, 0) is 26.3 Å². The van der Waals surface area contributed by atoms with Crippen molar-refractivity contribution >= 4 is 29.4 Å². The Morgan fingerprint density at radius 3 is 3.06 bits per heavy atom. The summed E-state index contributed by atoms with van der Waals surface area (Å²) >= 11 is 4.01. The quantitative estimate of drug-likeness (QED) is 0.815. The molecule has 2 saturated heterocycles. The Balaban J connectivity index is 1.69. The van der Waals surface area contributed by atoms with Crippen molar-refractivity contribution in [2.45, 2.75) is 31.1 Å². The van der Waals surface area contributed by atoms with Crippen LogP contribution in [0.15, 0.2) is 0 Å². The van der Waals surface area contributed by atoms with Gasteiger partial charge in [0.05, 0.1) is 0 Å². The van der Waals surface area contributed by atoms with Gasteiger partial charge in [-0.15, -0.1) is 0 Å². The molecule has 17 heavy (non-hydrogen) atoms. The first-order valence-corrected chi connectivity index (χ1v) is 8.66. The molecule has 2 heterocycles. The molecule has 0 bridgehead atoms. The van der Waals surface area contributed by atoms with Crippen molar-refractivity contribution in [1.82, 2.24) is 10.6 Å². The summed E-state index contributed by atoms with van der Waals surface area (Å²) in [4.78, 5) is 12.0. The zero-order valence-corrected chi connectivity index (χ0v) is 12.0. The van der Waals surface area contributed by atoms with Crippen LogP contribution in [-0.2, 0) is 4.79 Å². The molecular weight excluding hydrogens is 252 g/mol. The molecule has 2 fully saturated rings. The molecule has 0 aromatic heterocycles. The van der Waals surface area contributed by atoms with E-state index in [9.17, 15) is 4.79 Å². The molecular formula is C12H22N2OS2. The van der Waals surface area contributed by atoms with Gasteiger partial charge in [-0.25, -0.2) is 0 Å². The lowest BCUT2D eigenvalue weighted by Crippen LogP contribution is -2.44. The van der Waals surface area contributed by atoms with Gasteiger partial charge in [0.2, 0.25) is 5.91 Å². The van der Waals surface area contributed by atoms with E-state index in [0.717, 1.165) is 25.9 Å². The third-order valence-corrected chi connectivity index (χ3v) is 6.23. The highest BCUT2D eigenvalue weighted by molar-refractivity contribution is 8.06. The largest absolute Gasteiger partial charge is 0.355 e. The SMILES string of the molecule is C[C@H]1C[C@@H](C(=O)NCC2CSCCS2)CCN1. The Kier molecular flexibility index (Phi) is 5.50. The monoisotopic (exact) mass is 274 g/mol. The lowest BCUT2D eigenvalue weighted by atomic mass is 9.92. The number of carbonyl (C=O) groups is 1. The third-order valence-electron chi connectivity index (χ3n) is 3.38. The summed E-state index contributed by atoms with van der Waals surface area (Å²) in [5.41, 5.74) is 0. The lowest BCUT2D eigenvalue weighted by Gasteiger charge is -2.28. The molecule has 3 atom stereocenters. The van der Waals surface area contributed by atoms with Gasteiger partial charge in [-0.2, -0.15) is 23.5 Å². The second kappa shape index (κ2) is 6.90. The second-order valence-electron chi connectivity index (χ2n) is 4.89. The van der Waals surface area contributed by atoms with Crippen molar-refractivity contribution in [1.29, 1.82) is 0 Å². The molecule has 2 aliphatic heterocycles. The molecule has 0 aliphatic carbocycles. The molecule has 5 heteroatoms. The minimum Gasteiger partial charge on any atom is -0.355 e. The Morgan fingerprint density at radius 2 is 2.35 bits per heavy atom. The number of piperidine rings is 1. The van der Waals surface area contributed by atoms with E-state index in [1.807, 2.05) is 23.5 Å². The Morgan fingerprint density at radius 1 is 1.47 bits per heavy atom. The fraction of sp³-hybridized carbons (Fsp3) is 0.917. The van der Waals surface area contributed by atoms with Gasteiger partial charge in [0.15, 0.2) is 0 Å². The molecule has 98 valence electrons. The van der Waals surface area contributed by atoms with Crippen molar-refractivity contribution in [3.8, 4) is 0 Å². The van der Waals surface area contributed by atoms with Crippen LogP contribution >= 0.6 is 23.5 Å². The molecule has 0 saturated carbocycles. The first kappa shape index (κ1) is 13.6. The van der Waals surface area contributed by atoms with Gasteiger partial charge in [-0.3, -0.25) is 4.79 Å². The molecule has 2 rings (SSSR count).